The number of aryl methyl sites for hydroxylation is 1. The highest BCUT2D eigenvalue weighted by atomic mass is 16.5. The minimum absolute atomic E-state index is 0.0708. The SMILES string of the molecule is N#CCOc1ccc2c(c1)CCC2O. The molecule has 0 saturated heterocycles. The molecule has 1 unspecified atom stereocenters. The van der Waals surface area contributed by atoms with Gasteiger partial charge in [-0.05, 0) is 36.1 Å². The molecular formula is C11H11NO2. The van der Waals surface area contributed by atoms with Crippen LogP contribution in [0.1, 0.15) is 23.7 Å². The molecular weight excluding hydrogens is 178 g/mol. The van der Waals surface area contributed by atoms with Crippen LogP contribution in [0.5, 0.6) is 5.75 Å². The number of ether oxygens (including phenoxy) is 1. The van der Waals surface area contributed by atoms with Crippen molar-refractivity contribution in [3.63, 3.8) is 0 Å². The van der Waals surface area contributed by atoms with Crippen LogP contribution in [0.25, 0.3) is 0 Å². The molecule has 1 aromatic carbocycles. The third-order valence-electron chi connectivity index (χ3n) is 2.46. The van der Waals surface area contributed by atoms with Gasteiger partial charge in [-0.2, -0.15) is 5.26 Å². The summed E-state index contributed by atoms with van der Waals surface area (Å²) in [5.41, 5.74) is 2.13. The summed E-state index contributed by atoms with van der Waals surface area (Å²) < 4.78 is 5.17. The first-order valence-corrected chi connectivity index (χ1v) is 4.62. The van der Waals surface area contributed by atoms with Crippen LogP contribution < -0.4 is 4.74 Å². The van der Waals surface area contributed by atoms with Crippen molar-refractivity contribution >= 4 is 0 Å². The average molecular weight is 189 g/mol. The summed E-state index contributed by atoms with van der Waals surface area (Å²) in [5, 5.41) is 17.9. The van der Waals surface area contributed by atoms with Crippen LogP contribution in [0.2, 0.25) is 0 Å². The number of aliphatic hydroxyl groups excluding tert-OH is 1. The van der Waals surface area contributed by atoms with E-state index in [4.69, 9.17) is 10.00 Å². The first kappa shape index (κ1) is 9.04. The molecule has 1 aliphatic rings. The molecule has 3 heteroatoms. The molecule has 1 N–H and O–H groups in total. The van der Waals surface area contributed by atoms with Crippen molar-refractivity contribution in [1.82, 2.24) is 0 Å². The monoisotopic (exact) mass is 189 g/mol. The van der Waals surface area contributed by atoms with Gasteiger partial charge in [0.15, 0.2) is 6.61 Å². The number of hydrogen-bond acceptors (Lipinski definition) is 3. The molecule has 1 atom stereocenters. The van der Waals surface area contributed by atoms with Crippen LogP contribution >= 0.6 is 0 Å². The Labute approximate surface area is 82.6 Å². The van der Waals surface area contributed by atoms with E-state index in [2.05, 4.69) is 0 Å². The van der Waals surface area contributed by atoms with Crippen LogP contribution in [0.3, 0.4) is 0 Å². The summed E-state index contributed by atoms with van der Waals surface area (Å²) in [6, 6.07) is 7.50. The van der Waals surface area contributed by atoms with E-state index in [-0.39, 0.29) is 12.7 Å². The van der Waals surface area contributed by atoms with Gasteiger partial charge < -0.3 is 9.84 Å². The van der Waals surface area contributed by atoms with Crippen molar-refractivity contribution in [1.29, 1.82) is 5.26 Å². The standard InChI is InChI=1S/C11H11NO2/c12-5-6-14-9-2-3-10-8(7-9)1-4-11(10)13/h2-3,7,11,13H,1,4,6H2. The first-order chi connectivity index (χ1) is 6.81. The Morgan fingerprint density at radius 2 is 2.43 bits per heavy atom. The smallest absolute Gasteiger partial charge is 0.174 e. The van der Waals surface area contributed by atoms with Gasteiger partial charge in [0, 0.05) is 0 Å². The molecule has 0 aromatic heterocycles. The van der Waals surface area contributed by atoms with Crippen LogP contribution in [-0.4, -0.2) is 11.7 Å². The molecule has 0 spiro atoms. The van der Waals surface area contributed by atoms with Gasteiger partial charge >= 0.3 is 0 Å². The normalized spacial score (nSPS) is 18.7. The summed E-state index contributed by atoms with van der Waals surface area (Å²) in [7, 11) is 0. The molecule has 0 heterocycles. The Hall–Kier alpha value is -1.53. The Morgan fingerprint density at radius 3 is 3.21 bits per heavy atom. The van der Waals surface area contributed by atoms with E-state index in [0.29, 0.717) is 5.75 Å². The maximum Gasteiger partial charge on any atom is 0.174 e. The largest absolute Gasteiger partial charge is 0.479 e. The van der Waals surface area contributed by atoms with Crippen molar-refractivity contribution in [2.45, 2.75) is 18.9 Å². The third-order valence-corrected chi connectivity index (χ3v) is 2.46. The van der Waals surface area contributed by atoms with Gasteiger partial charge in [0.2, 0.25) is 0 Å². The van der Waals surface area contributed by atoms with E-state index in [1.165, 1.54) is 0 Å². The molecule has 0 radical (unpaired) electrons. The molecule has 0 fully saturated rings. The number of nitrogens with zero attached hydrogens (tertiary/aromatic N) is 1. The van der Waals surface area contributed by atoms with E-state index in [9.17, 15) is 5.11 Å². The second-order valence-corrected chi connectivity index (χ2v) is 3.36. The molecule has 1 aliphatic carbocycles. The maximum absolute atomic E-state index is 9.56. The van der Waals surface area contributed by atoms with Crippen LogP contribution in [0.4, 0.5) is 0 Å². The van der Waals surface area contributed by atoms with Crippen LogP contribution in [0, 0.1) is 11.3 Å². The van der Waals surface area contributed by atoms with Gasteiger partial charge in [-0.1, -0.05) is 6.07 Å². The molecule has 72 valence electrons. The average Bonchev–Trinajstić information content (AvgIpc) is 2.57. The topological polar surface area (TPSA) is 53.2 Å². The van der Waals surface area contributed by atoms with Crippen molar-refractivity contribution < 1.29 is 9.84 Å². The van der Waals surface area contributed by atoms with E-state index in [1.54, 1.807) is 6.07 Å². The van der Waals surface area contributed by atoms with Gasteiger partial charge in [0.25, 0.3) is 0 Å². The Kier molecular flexibility index (Phi) is 2.38. The third kappa shape index (κ3) is 1.57. The van der Waals surface area contributed by atoms with Crippen molar-refractivity contribution in [2.24, 2.45) is 0 Å². The number of benzene rings is 1. The fourth-order valence-corrected chi connectivity index (χ4v) is 1.78. The van der Waals surface area contributed by atoms with E-state index < -0.39 is 0 Å². The minimum atomic E-state index is -0.324. The summed E-state index contributed by atoms with van der Waals surface area (Å²) in [6.45, 7) is 0.0708. The van der Waals surface area contributed by atoms with Gasteiger partial charge in [-0.15, -0.1) is 0 Å². The number of aliphatic hydroxyl groups is 1. The second kappa shape index (κ2) is 3.69. The summed E-state index contributed by atoms with van der Waals surface area (Å²) in [6.07, 6.45) is 1.35. The Balaban J connectivity index is 2.20. The number of fused-ring (bicyclic) bond motifs is 1. The lowest BCUT2D eigenvalue weighted by Crippen LogP contribution is -1.95. The molecule has 1 aromatic rings. The van der Waals surface area contributed by atoms with Gasteiger partial charge in [-0.25, -0.2) is 0 Å². The highest BCUT2D eigenvalue weighted by Gasteiger charge is 2.20. The lowest BCUT2D eigenvalue weighted by molar-refractivity contribution is 0.180. The van der Waals surface area contributed by atoms with Gasteiger partial charge in [0.1, 0.15) is 11.8 Å². The number of hydrogen-bond donors (Lipinski definition) is 1. The summed E-state index contributed by atoms with van der Waals surface area (Å²) in [4.78, 5) is 0. The molecule has 0 amide bonds. The zero-order chi connectivity index (χ0) is 9.97. The molecule has 14 heavy (non-hydrogen) atoms. The Bertz CT molecular complexity index is 381. The van der Waals surface area contributed by atoms with E-state index in [0.717, 1.165) is 24.0 Å². The minimum Gasteiger partial charge on any atom is -0.479 e. The number of nitriles is 1. The van der Waals surface area contributed by atoms with Gasteiger partial charge in [0.05, 0.1) is 6.10 Å². The first-order valence-electron chi connectivity index (χ1n) is 4.62. The summed E-state index contributed by atoms with van der Waals surface area (Å²) >= 11 is 0. The Morgan fingerprint density at radius 1 is 1.57 bits per heavy atom. The zero-order valence-corrected chi connectivity index (χ0v) is 7.73. The molecule has 0 bridgehead atoms. The fourth-order valence-electron chi connectivity index (χ4n) is 1.78. The quantitative estimate of drug-likeness (QED) is 0.768. The fraction of sp³-hybridized carbons (Fsp3) is 0.364. The lowest BCUT2D eigenvalue weighted by atomic mass is 10.1. The van der Waals surface area contributed by atoms with Crippen molar-refractivity contribution in [2.75, 3.05) is 6.61 Å². The molecule has 0 aliphatic heterocycles. The zero-order valence-electron chi connectivity index (χ0n) is 7.73. The van der Waals surface area contributed by atoms with Crippen LogP contribution in [0.15, 0.2) is 18.2 Å². The molecule has 2 rings (SSSR count). The predicted molar refractivity (Wildman–Crippen MR) is 50.8 cm³/mol. The highest BCUT2D eigenvalue weighted by molar-refractivity contribution is 5.39. The lowest BCUT2D eigenvalue weighted by Gasteiger charge is -2.06. The molecule has 3 nitrogen and oxygen atoms in total. The highest BCUT2D eigenvalue weighted by Crippen LogP contribution is 2.33. The maximum atomic E-state index is 9.56. The van der Waals surface area contributed by atoms with Crippen molar-refractivity contribution in [3.8, 4) is 11.8 Å². The van der Waals surface area contributed by atoms with E-state index >= 15 is 0 Å². The molecule has 0 saturated carbocycles. The van der Waals surface area contributed by atoms with E-state index in [1.807, 2.05) is 18.2 Å². The predicted octanol–water partition coefficient (Wildman–Crippen LogP) is 1.57. The second-order valence-electron chi connectivity index (χ2n) is 3.36. The number of rotatable bonds is 2. The van der Waals surface area contributed by atoms with Gasteiger partial charge in [-0.3, -0.25) is 0 Å². The van der Waals surface area contributed by atoms with Crippen LogP contribution in [-0.2, 0) is 6.42 Å². The summed E-state index contributed by atoms with van der Waals surface area (Å²) in [5.74, 6) is 0.708. The van der Waals surface area contributed by atoms with Crippen molar-refractivity contribution in [3.05, 3.63) is 29.3 Å².